The molecule has 2 heterocycles. The van der Waals surface area contributed by atoms with Gasteiger partial charge in [0.15, 0.2) is 0 Å². The fourth-order valence-electron chi connectivity index (χ4n) is 3.16. The molecule has 0 spiro atoms. The monoisotopic (exact) mass is 358 g/mol. The quantitative estimate of drug-likeness (QED) is 0.860. The zero-order valence-electron chi connectivity index (χ0n) is 16.0. The van der Waals surface area contributed by atoms with Crippen molar-refractivity contribution in [1.82, 2.24) is 9.47 Å². The molecule has 0 radical (unpaired) electrons. The minimum atomic E-state index is -0.545. The minimum absolute atomic E-state index is 0.149. The van der Waals surface area contributed by atoms with Gasteiger partial charge in [0.25, 0.3) is 0 Å². The highest BCUT2D eigenvalue weighted by Crippen LogP contribution is 2.23. The number of fused-ring (bicyclic) bond motifs is 1. The van der Waals surface area contributed by atoms with Gasteiger partial charge in [0.2, 0.25) is 5.91 Å². The fourth-order valence-corrected chi connectivity index (χ4v) is 3.16. The van der Waals surface area contributed by atoms with E-state index in [1.54, 1.807) is 0 Å². The molecule has 0 unspecified atom stereocenters. The van der Waals surface area contributed by atoms with Gasteiger partial charge < -0.3 is 20.4 Å². The molecular formula is C20H30N4O2. The van der Waals surface area contributed by atoms with Gasteiger partial charge in [0.1, 0.15) is 0 Å². The summed E-state index contributed by atoms with van der Waals surface area (Å²) in [4.78, 5) is 14.7. The van der Waals surface area contributed by atoms with Crippen molar-refractivity contribution in [1.29, 1.82) is 0 Å². The molecule has 3 N–H and O–H groups in total. The maximum atomic E-state index is 12.3. The lowest BCUT2D eigenvalue weighted by molar-refractivity contribution is -0.119. The van der Waals surface area contributed by atoms with E-state index in [0.29, 0.717) is 0 Å². The second kappa shape index (κ2) is 7.78. The van der Waals surface area contributed by atoms with E-state index in [1.807, 2.05) is 32.9 Å². The van der Waals surface area contributed by atoms with Crippen LogP contribution in [0.5, 0.6) is 0 Å². The Morgan fingerprint density at radius 2 is 1.96 bits per heavy atom. The maximum Gasteiger partial charge on any atom is 0.241 e. The van der Waals surface area contributed by atoms with Gasteiger partial charge in [0.05, 0.1) is 19.3 Å². The lowest BCUT2D eigenvalue weighted by Gasteiger charge is -2.26. The molecule has 1 fully saturated rings. The van der Waals surface area contributed by atoms with Gasteiger partial charge in [-0.15, -0.1) is 0 Å². The summed E-state index contributed by atoms with van der Waals surface area (Å²) in [5.41, 5.74) is 7.74. The van der Waals surface area contributed by atoms with E-state index in [-0.39, 0.29) is 11.3 Å². The number of carbonyl (C=O) groups excluding carboxylic acids is 1. The summed E-state index contributed by atoms with van der Waals surface area (Å²) in [6, 6.07) is 7.56. The maximum absolute atomic E-state index is 12.3. The van der Waals surface area contributed by atoms with E-state index in [9.17, 15) is 4.79 Å². The minimum Gasteiger partial charge on any atom is -0.379 e. The molecule has 0 aliphatic carbocycles. The molecule has 6 nitrogen and oxygen atoms in total. The summed E-state index contributed by atoms with van der Waals surface area (Å²) in [6.07, 6.45) is 2.11. The predicted molar refractivity (Wildman–Crippen MR) is 105 cm³/mol. The number of amides is 1. The molecule has 26 heavy (non-hydrogen) atoms. The van der Waals surface area contributed by atoms with Crippen molar-refractivity contribution in [3.8, 4) is 0 Å². The number of ether oxygens (including phenoxy) is 1. The molecule has 1 aromatic carbocycles. The SMILES string of the molecule is CC(C)(C)[C@H](N)C(=O)Nc1ccc2c(ccn2CCN2CCOCC2)c1. The summed E-state index contributed by atoms with van der Waals surface area (Å²) in [5, 5.41) is 4.06. The van der Waals surface area contributed by atoms with E-state index >= 15 is 0 Å². The summed E-state index contributed by atoms with van der Waals surface area (Å²) in [6.45, 7) is 11.5. The van der Waals surface area contributed by atoms with Gasteiger partial charge in [-0.1, -0.05) is 20.8 Å². The summed E-state index contributed by atoms with van der Waals surface area (Å²) >= 11 is 0. The Morgan fingerprint density at radius 3 is 2.65 bits per heavy atom. The number of nitrogens with one attached hydrogen (secondary N) is 1. The number of rotatable bonds is 5. The first-order chi connectivity index (χ1) is 12.3. The van der Waals surface area contributed by atoms with Crippen LogP contribution in [-0.4, -0.2) is 54.3 Å². The number of nitrogens with zero attached hydrogens (tertiary/aromatic N) is 2. The largest absolute Gasteiger partial charge is 0.379 e. The third-order valence-corrected chi connectivity index (χ3v) is 5.01. The van der Waals surface area contributed by atoms with Crippen molar-refractivity contribution in [3.05, 3.63) is 30.5 Å². The molecule has 3 rings (SSSR count). The normalized spacial score (nSPS) is 17.4. The van der Waals surface area contributed by atoms with Crippen molar-refractivity contribution in [3.63, 3.8) is 0 Å². The highest BCUT2D eigenvalue weighted by molar-refractivity contribution is 5.97. The van der Waals surface area contributed by atoms with Crippen molar-refractivity contribution < 1.29 is 9.53 Å². The van der Waals surface area contributed by atoms with E-state index in [0.717, 1.165) is 50.5 Å². The number of hydrogen-bond donors (Lipinski definition) is 2. The number of morpholine rings is 1. The second-order valence-electron chi connectivity index (χ2n) is 8.07. The van der Waals surface area contributed by atoms with Gasteiger partial charge >= 0.3 is 0 Å². The standard InChI is InChI=1S/C20H30N4O2/c1-20(2,3)18(21)19(25)22-16-4-5-17-15(14-16)6-7-24(17)9-8-23-10-12-26-13-11-23/h4-7,14,18H,8-13,21H2,1-3H3,(H,22,25)/t18-/m1/s1. The predicted octanol–water partition coefficient (Wildman–Crippen LogP) is 2.29. The molecule has 1 atom stereocenters. The first-order valence-electron chi connectivity index (χ1n) is 9.30. The Balaban J connectivity index is 1.65. The van der Waals surface area contributed by atoms with Crippen LogP contribution in [0.25, 0.3) is 10.9 Å². The average molecular weight is 358 g/mol. The zero-order valence-corrected chi connectivity index (χ0v) is 16.0. The van der Waals surface area contributed by atoms with E-state index < -0.39 is 6.04 Å². The molecule has 0 bridgehead atoms. The topological polar surface area (TPSA) is 72.5 Å². The summed E-state index contributed by atoms with van der Waals surface area (Å²) < 4.78 is 7.66. The van der Waals surface area contributed by atoms with E-state index in [2.05, 4.69) is 33.1 Å². The Hall–Kier alpha value is -1.89. The molecule has 2 aromatic rings. The van der Waals surface area contributed by atoms with Crippen LogP contribution in [-0.2, 0) is 16.1 Å². The molecule has 1 aliphatic rings. The van der Waals surface area contributed by atoms with Crippen LogP contribution < -0.4 is 11.1 Å². The molecule has 6 heteroatoms. The third kappa shape index (κ3) is 4.44. The highest BCUT2D eigenvalue weighted by atomic mass is 16.5. The van der Waals surface area contributed by atoms with Crippen LogP contribution in [0.1, 0.15) is 20.8 Å². The summed E-state index contributed by atoms with van der Waals surface area (Å²) in [7, 11) is 0. The molecule has 1 aliphatic heterocycles. The zero-order chi connectivity index (χ0) is 18.7. The number of carbonyl (C=O) groups is 1. The Labute approximate surface area is 155 Å². The molecule has 1 saturated heterocycles. The smallest absolute Gasteiger partial charge is 0.241 e. The number of nitrogens with two attached hydrogens (primary N) is 1. The summed E-state index contributed by atoms with van der Waals surface area (Å²) in [5.74, 6) is -0.149. The van der Waals surface area contributed by atoms with Crippen molar-refractivity contribution in [2.24, 2.45) is 11.1 Å². The molecule has 142 valence electrons. The first kappa shape index (κ1) is 18.9. The van der Waals surface area contributed by atoms with Crippen LogP contribution in [0.4, 0.5) is 5.69 Å². The van der Waals surface area contributed by atoms with Crippen LogP contribution >= 0.6 is 0 Å². The lowest BCUT2D eigenvalue weighted by Crippen LogP contribution is -2.45. The molecule has 0 saturated carbocycles. The number of aromatic nitrogens is 1. The number of anilines is 1. The fraction of sp³-hybridized carbons (Fsp3) is 0.550. The average Bonchev–Trinajstić information content (AvgIpc) is 3.01. The first-order valence-corrected chi connectivity index (χ1v) is 9.30. The highest BCUT2D eigenvalue weighted by Gasteiger charge is 2.27. The van der Waals surface area contributed by atoms with Gasteiger partial charge in [0, 0.05) is 49.0 Å². The molecule has 1 amide bonds. The van der Waals surface area contributed by atoms with Crippen LogP contribution in [0.2, 0.25) is 0 Å². The van der Waals surface area contributed by atoms with Crippen molar-refractivity contribution in [2.75, 3.05) is 38.2 Å². The third-order valence-electron chi connectivity index (χ3n) is 5.01. The Kier molecular flexibility index (Phi) is 5.65. The van der Waals surface area contributed by atoms with Crippen LogP contribution in [0, 0.1) is 5.41 Å². The molecule has 1 aromatic heterocycles. The van der Waals surface area contributed by atoms with Gasteiger partial charge in [-0.25, -0.2) is 0 Å². The lowest BCUT2D eigenvalue weighted by atomic mass is 9.87. The van der Waals surface area contributed by atoms with Gasteiger partial charge in [-0.05, 0) is 29.7 Å². The van der Waals surface area contributed by atoms with E-state index in [4.69, 9.17) is 10.5 Å². The number of hydrogen-bond acceptors (Lipinski definition) is 4. The molecular weight excluding hydrogens is 328 g/mol. The Morgan fingerprint density at radius 1 is 1.23 bits per heavy atom. The van der Waals surface area contributed by atoms with Crippen molar-refractivity contribution >= 4 is 22.5 Å². The van der Waals surface area contributed by atoms with Crippen LogP contribution in [0.15, 0.2) is 30.5 Å². The second-order valence-corrected chi connectivity index (χ2v) is 8.07. The van der Waals surface area contributed by atoms with Gasteiger partial charge in [-0.2, -0.15) is 0 Å². The van der Waals surface area contributed by atoms with Crippen LogP contribution in [0.3, 0.4) is 0 Å². The van der Waals surface area contributed by atoms with Gasteiger partial charge in [-0.3, -0.25) is 9.69 Å². The Bertz CT molecular complexity index is 757. The number of benzene rings is 1. The van der Waals surface area contributed by atoms with Crippen molar-refractivity contribution in [2.45, 2.75) is 33.4 Å². The van der Waals surface area contributed by atoms with E-state index in [1.165, 1.54) is 5.52 Å².